The maximum atomic E-state index is 12.2. The number of carbonyl (C=O) groups is 1. The number of benzene rings is 1. The van der Waals surface area contributed by atoms with Crippen LogP contribution in [0.2, 0.25) is 0 Å². The van der Waals surface area contributed by atoms with Crippen LogP contribution < -0.4 is 5.32 Å². The standard InChI is InChI=1S/C28H42N4O2S.C2H6/c1-6-13-22(3)18-19-23(4)21-35-28-31-30-26(32(28)24-14-9-8-10-15-24)16-11-12-17-27(33)29-20-25(7-2)34-5;1-2/h8-10,13-15,19,25H,6-7,11-12,16-18,20-21H2,1-5H3,(H,29,33);1-2H3/b22-13-,23-19+;. The number of para-hydroxylation sites is 1. The largest absolute Gasteiger partial charge is 0.380 e. The summed E-state index contributed by atoms with van der Waals surface area (Å²) in [5, 5.41) is 12.9. The summed E-state index contributed by atoms with van der Waals surface area (Å²) in [5.74, 6) is 1.89. The third-order valence-electron chi connectivity index (χ3n) is 5.84. The van der Waals surface area contributed by atoms with Gasteiger partial charge in [-0.1, -0.05) is 81.0 Å². The fraction of sp³-hybridized carbons (Fsp3) is 0.567. The Kier molecular flexibility index (Phi) is 17.4. The van der Waals surface area contributed by atoms with Crippen molar-refractivity contribution in [1.82, 2.24) is 20.1 Å². The first-order valence-corrected chi connectivity index (χ1v) is 14.7. The molecule has 2 rings (SSSR count). The minimum absolute atomic E-state index is 0.0764. The van der Waals surface area contributed by atoms with Gasteiger partial charge in [-0.25, -0.2) is 0 Å². The number of nitrogens with zero attached hydrogens (tertiary/aromatic N) is 3. The number of hydrogen-bond acceptors (Lipinski definition) is 5. The van der Waals surface area contributed by atoms with Crippen molar-refractivity contribution >= 4 is 17.7 Å². The van der Waals surface area contributed by atoms with Gasteiger partial charge in [0, 0.05) is 37.9 Å². The van der Waals surface area contributed by atoms with Crippen molar-refractivity contribution < 1.29 is 9.53 Å². The highest BCUT2D eigenvalue weighted by Crippen LogP contribution is 2.25. The molecule has 206 valence electrons. The quantitative estimate of drug-likeness (QED) is 0.140. The van der Waals surface area contributed by atoms with Crippen molar-refractivity contribution in [2.24, 2.45) is 0 Å². The Balaban J connectivity index is 0.00000334. The van der Waals surface area contributed by atoms with Gasteiger partial charge in [-0.3, -0.25) is 9.36 Å². The van der Waals surface area contributed by atoms with Crippen LogP contribution in [0.1, 0.15) is 85.9 Å². The van der Waals surface area contributed by atoms with Crippen molar-refractivity contribution in [3.63, 3.8) is 0 Å². The van der Waals surface area contributed by atoms with Crippen LogP contribution in [0.15, 0.2) is 58.8 Å². The monoisotopic (exact) mass is 528 g/mol. The molecule has 0 aliphatic heterocycles. The number of aryl methyl sites for hydroxylation is 1. The summed E-state index contributed by atoms with van der Waals surface area (Å²) in [5.41, 5.74) is 3.82. The molecule has 1 heterocycles. The van der Waals surface area contributed by atoms with Crippen molar-refractivity contribution in [3.05, 3.63) is 59.5 Å². The highest BCUT2D eigenvalue weighted by atomic mass is 32.2. The zero-order chi connectivity index (χ0) is 27.5. The lowest BCUT2D eigenvalue weighted by atomic mass is 10.1. The van der Waals surface area contributed by atoms with Crippen LogP contribution in [0.5, 0.6) is 0 Å². The molecule has 1 unspecified atom stereocenters. The molecule has 1 atom stereocenters. The number of rotatable bonds is 16. The summed E-state index contributed by atoms with van der Waals surface area (Å²) in [7, 11) is 1.68. The molecule has 37 heavy (non-hydrogen) atoms. The Hall–Kier alpha value is -2.38. The van der Waals surface area contributed by atoms with Gasteiger partial charge >= 0.3 is 0 Å². The molecule has 7 heteroatoms. The number of thioether (sulfide) groups is 1. The summed E-state index contributed by atoms with van der Waals surface area (Å²) in [6.07, 6.45) is 10.6. The molecule has 1 amide bonds. The molecule has 1 aromatic carbocycles. The summed E-state index contributed by atoms with van der Waals surface area (Å²) in [4.78, 5) is 12.2. The first-order chi connectivity index (χ1) is 18.0. The average Bonchev–Trinajstić information content (AvgIpc) is 3.33. The zero-order valence-electron chi connectivity index (χ0n) is 24.0. The van der Waals surface area contributed by atoms with Crippen molar-refractivity contribution in [3.8, 4) is 5.69 Å². The molecule has 6 nitrogen and oxygen atoms in total. The summed E-state index contributed by atoms with van der Waals surface area (Å²) < 4.78 is 7.48. The van der Waals surface area contributed by atoms with Gasteiger partial charge in [0.25, 0.3) is 0 Å². The number of allylic oxidation sites excluding steroid dienone is 3. The predicted octanol–water partition coefficient (Wildman–Crippen LogP) is 7.33. The number of carbonyl (C=O) groups excluding carboxylic acids is 1. The highest BCUT2D eigenvalue weighted by molar-refractivity contribution is 7.99. The lowest BCUT2D eigenvalue weighted by molar-refractivity contribution is -0.121. The van der Waals surface area contributed by atoms with E-state index in [9.17, 15) is 4.79 Å². The molecular formula is C30H48N4O2S. The Morgan fingerprint density at radius 2 is 1.81 bits per heavy atom. The van der Waals surface area contributed by atoms with Crippen molar-refractivity contribution in [2.45, 2.75) is 97.7 Å². The first-order valence-electron chi connectivity index (χ1n) is 13.7. The van der Waals surface area contributed by atoms with Gasteiger partial charge in [0.2, 0.25) is 5.91 Å². The third-order valence-corrected chi connectivity index (χ3v) is 6.96. The van der Waals surface area contributed by atoms with Gasteiger partial charge in [-0.05, 0) is 58.1 Å². The molecule has 1 aromatic heterocycles. The van der Waals surface area contributed by atoms with E-state index < -0.39 is 0 Å². The minimum Gasteiger partial charge on any atom is -0.380 e. The van der Waals surface area contributed by atoms with Gasteiger partial charge in [-0.2, -0.15) is 0 Å². The van der Waals surface area contributed by atoms with E-state index in [0.29, 0.717) is 13.0 Å². The summed E-state index contributed by atoms with van der Waals surface area (Å²) in [6.45, 7) is 13.2. The molecule has 0 saturated carbocycles. The van der Waals surface area contributed by atoms with E-state index in [0.717, 1.165) is 60.9 Å². The van der Waals surface area contributed by atoms with Crippen LogP contribution in [-0.4, -0.2) is 46.2 Å². The summed E-state index contributed by atoms with van der Waals surface area (Å²) >= 11 is 1.72. The van der Waals surface area contributed by atoms with Crippen LogP contribution in [0.4, 0.5) is 0 Å². The Morgan fingerprint density at radius 3 is 2.46 bits per heavy atom. The molecule has 0 spiro atoms. The van der Waals surface area contributed by atoms with E-state index in [-0.39, 0.29) is 12.0 Å². The predicted molar refractivity (Wildman–Crippen MR) is 158 cm³/mol. The van der Waals surface area contributed by atoms with E-state index in [1.807, 2.05) is 32.0 Å². The summed E-state index contributed by atoms with van der Waals surface area (Å²) in [6, 6.07) is 10.3. The van der Waals surface area contributed by atoms with Crippen LogP contribution >= 0.6 is 11.8 Å². The first kappa shape index (κ1) is 32.6. The molecule has 0 saturated heterocycles. The maximum absolute atomic E-state index is 12.2. The number of hydrogen-bond donors (Lipinski definition) is 1. The maximum Gasteiger partial charge on any atom is 0.220 e. The van der Waals surface area contributed by atoms with Gasteiger partial charge in [-0.15, -0.1) is 10.2 Å². The number of nitrogens with one attached hydrogen (secondary N) is 1. The second-order valence-electron chi connectivity index (χ2n) is 8.85. The molecule has 0 bridgehead atoms. The normalized spacial score (nSPS) is 12.6. The minimum atomic E-state index is 0.0764. The molecule has 1 N–H and O–H groups in total. The number of ether oxygens (including phenoxy) is 1. The Bertz CT molecular complexity index is 950. The molecule has 0 aliphatic rings. The van der Waals surface area contributed by atoms with E-state index in [1.54, 1.807) is 18.9 Å². The van der Waals surface area contributed by atoms with Crippen LogP contribution in [-0.2, 0) is 16.0 Å². The second kappa shape index (κ2) is 19.7. The number of amides is 1. The molecule has 0 radical (unpaired) electrons. The second-order valence-corrected chi connectivity index (χ2v) is 9.79. The fourth-order valence-corrected chi connectivity index (χ4v) is 4.59. The van der Waals surface area contributed by atoms with Gasteiger partial charge < -0.3 is 10.1 Å². The Labute approximate surface area is 229 Å². The molecule has 0 aliphatic carbocycles. The van der Waals surface area contributed by atoms with Crippen LogP contribution in [0.25, 0.3) is 5.69 Å². The van der Waals surface area contributed by atoms with Crippen LogP contribution in [0, 0.1) is 0 Å². The van der Waals surface area contributed by atoms with Gasteiger partial charge in [0.1, 0.15) is 5.82 Å². The third kappa shape index (κ3) is 12.6. The number of aromatic nitrogens is 3. The lowest BCUT2D eigenvalue weighted by Crippen LogP contribution is -2.32. The zero-order valence-corrected chi connectivity index (χ0v) is 24.9. The highest BCUT2D eigenvalue weighted by Gasteiger charge is 2.15. The van der Waals surface area contributed by atoms with Crippen molar-refractivity contribution in [1.29, 1.82) is 0 Å². The van der Waals surface area contributed by atoms with E-state index >= 15 is 0 Å². The number of methoxy groups -OCH3 is 1. The average molecular weight is 529 g/mol. The van der Waals surface area contributed by atoms with E-state index in [4.69, 9.17) is 4.74 Å². The molecule has 0 fully saturated rings. The smallest absolute Gasteiger partial charge is 0.220 e. The van der Waals surface area contributed by atoms with Crippen molar-refractivity contribution in [2.75, 3.05) is 19.4 Å². The molecular weight excluding hydrogens is 480 g/mol. The van der Waals surface area contributed by atoms with E-state index in [1.165, 1.54) is 11.1 Å². The van der Waals surface area contributed by atoms with Crippen LogP contribution in [0.3, 0.4) is 0 Å². The SMILES string of the molecule is CC.CC/C=C(/C)C/C=C(\C)CSc1nnc(CCCCC(=O)NCC(CC)OC)n1-c1ccccc1. The van der Waals surface area contributed by atoms with Gasteiger partial charge in [0.05, 0.1) is 6.10 Å². The molecule has 2 aromatic rings. The topological polar surface area (TPSA) is 69.0 Å². The number of unbranched alkanes of at least 4 members (excludes halogenated alkanes) is 1. The van der Waals surface area contributed by atoms with Gasteiger partial charge in [0.15, 0.2) is 5.16 Å². The van der Waals surface area contributed by atoms with E-state index in [2.05, 4.69) is 72.1 Å². The Morgan fingerprint density at radius 1 is 1.08 bits per heavy atom. The lowest BCUT2D eigenvalue weighted by Gasteiger charge is -2.13. The fourth-order valence-electron chi connectivity index (χ4n) is 3.68.